The van der Waals surface area contributed by atoms with E-state index in [2.05, 4.69) is 31.1 Å². The van der Waals surface area contributed by atoms with E-state index >= 15 is 0 Å². The zero-order valence-electron chi connectivity index (χ0n) is 9.06. The third kappa shape index (κ3) is 3.04. The summed E-state index contributed by atoms with van der Waals surface area (Å²) in [6, 6.07) is 0.736. The Morgan fingerprint density at radius 1 is 1.38 bits per heavy atom. The van der Waals surface area contributed by atoms with Gasteiger partial charge in [-0.2, -0.15) is 0 Å². The second-order valence-electron chi connectivity index (χ2n) is 4.17. The van der Waals surface area contributed by atoms with E-state index in [1.807, 2.05) is 6.92 Å². The predicted molar refractivity (Wildman–Crippen MR) is 57.4 cm³/mol. The second-order valence-corrected chi connectivity index (χ2v) is 4.17. The van der Waals surface area contributed by atoms with Gasteiger partial charge >= 0.3 is 0 Å². The summed E-state index contributed by atoms with van der Waals surface area (Å²) in [6.45, 7) is 4.30. The number of hydrogen-bond acceptors (Lipinski definition) is 1. The Labute approximate surface area is 82.3 Å². The molecule has 1 aliphatic carbocycles. The first kappa shape index (κ1) is 10.6. The molecule has 0 radical (unpaired) electrons. The van der Waals surface area contributed by atoms with E-state index in [0.717, 1.165) is 24.3 Å². The number of hydrogen-bond donors (Lipinski definition) is 1. The van der Waals surface area contributed by atoms with E-state index in [9.17, 15) is 0 Å². The highest BCUT2D eigenvalue weighted by Crippen LogP contribution is 2.31. The molecule has 0 aromatic heterocycles. The molecule has 1 N–H and O–H groups in total. The van der Waals surface area contributed by atoms with Crippen molar-refractivity contribution in [3.05, 3.63) is 0 Å². The minimum Gasteiger partial charge on any atom is -0.317 e. The normalized spacial score (nSPS) is 33.6. The van der Waals surface area contributed by atoms with Crippen molar-refractivity contribution in [2.45, 2.75) is 45.6 Å². The molecule has 1 nitrogen and oxygen atoms in total. The summed E-state index contributed by atoms with van der Waals surface area (Å²) in [4.78, 5) is 0. The van der Waals surface area contributed by atoms with Gasteiger partial charge in [0.05, 0.1) is 0 Å². The molecule has 0 aliphatic heterocycles. The summed E-state index contributed by atoms with van der Waals surface area (Å²) in [7, 11) is 2.07. The lowest BCUT2D eigenvalue weighted by Crippen LogP contribution is -2.34. The van der Waals surface area contributed by atoms with Crippen LogP contribution in [0.3, 0.4) is 0 Å². The van der Waals surface area contributed by atoms with Crippen molar-refractivity contribution in [3.63, 3.8) is 0 Å². The highest BCUT2D eigenvalue weighted by atomic mass is 14.9. The van der Waals surface area contributed by atoms with Crippen LogP contribution in [0.2, 0.25) is 0 Å². The maximum atomic E-state index is 3.38. The van der Waals surface area contributed by atoms with Crippen LogP contribution in [0.5, 0.6) is 0 Å². The van der Waals surface area contributed by atoms with Gasteiger partial charge in [0.1, 0.15) is 0 Å². The predicted octanol–water partition coefficient (Wildman–Crippen LogP) is 2.42. The zero-order valence-corrected chi connectivity index (χ0v) is 9.06. The molecule has 0 amide bonds. The molecule has 0 heterocycles. The Bertz CT molecular complexity index is 199. The highest BCUT2D eigenvalue weighted by Gasteiger charge is 2.25. The molecular weight excluding hydrogens is 158 g/mol. The maximum absolute atomic E-state index is 3.38. The number of rotatable bonds is 2. The summed E-state index contributed by atoms with van der Waals surface area (Å²) < 4.78 is 0. The Balaban J connectivity index is 2.43. The van der Waals surface area contributed by atoms with Gasteiger partial charge in [0.15, 0.2) is 0 Å². The van der Waals surface area contributed by atoms with Gasteiger partial charge in [-0.15, -0.1) is 11.8 Å². The number of nitrogens with one attached hydrogen (secondary N) is 1. The highest BCUT2D eigenvalue weighted by molar-refractivity contribution is 4.98. The van der Waals surface area contributed by atoms with Gasteiger partial charge in [-0.05, 0) is 45.1 Å². The van der Waals surface area contributed by atoms with Crippen LogP contribution in [-0.2, 0) is 0 Å². The molecule has 1 rings (SSSR count). The molecule has 1 aliphatic rings. The summed E-state index contributed by atoms with van der Waals surface area (Å²) in [6.07, 6.45) is 5.11. The SMILES string of the molecule is CC#CCC1CC(NC)CCC1C. The van der Waals surface area contributed by atoms with E-state index < -0.39 is 0 Å². The van der Waals surface area contributed by atoms with E-state index in [1.165, 1.54) is 19.3 Å². The van der Waals surface area contributed by atoms with Gasteiger partial charge in [-0.25, -0.2) is 0 Å². The first-order valence-corrected chi connectivity index (χ1v) is 5.34. The molecule has 13 heavy (non-hydrogen) atoms. The van der Waals surface area contributed by atoms with Crippen molar-refractivity contribution in [2.75, 3.05) is 7.05 Å². The molecular formula is C12H21N. The van der Waals surface area contributed by atoms with Crippen molar-refractivity contribution < 1.29 is 0 Å². The van der Waals surface area contributed by atoms with Gasteiger partial charge in [-0.3, -0.25) is 0 Å². The van der Waals surface area contributed by atoms with Crippen molar-refractivity contribution in [2.24, 2.45) is 11.8 Å². The Morgan fingerprint density at radius 3 is 2.77 bits per heavy atom. The topological polar surface area (TPSA) is 12.0 Å². The fraction of sp³-hybridized carbons (Fsp3) is 0.833. The fourth-order valence-corrected chi connectivity index (χ4v) is 2.20. The third-order valence-electron chi connectivity index (χ3n) is 3.31. The Morgan fingerprint density at radius 2 is 2.15 bits per heavy atom. The van der Waals surface area contributed by atoms with Crippen LogP contribution in [0.25, 0.3) is 0 Å². The van der Waals surface area contributed by atoms with Gasteiger partial charge in [0.2, 0.25) is 0 Å². The van der Waals surface area contributed by atoms with E-state index in [1.54, 1.807) is 0 Å². The molecule has 3 unspecified atom stereocenters. The van der Waals surface area contributed by atoms with E-state index in [-0.39, 0.29) is 0 Å². The van der Waals surface area contributed by atoms with Crippen molar-refractivity contribution in [1.29, 1.82) is 0 Å². The minimum absolute atomic E-state index is 0.736. The van der Waals surface area contributed by atoms with Crippen molar-refractivity contribution >= 4 is 0 Å². The summed E-state index contributed by atoms with van der Waals surface area (Å²) >= 11 is 0. The van der Waals surface area contributed by atoms with Crippen LogP contribution in [-0.4, -0.2) is 13.1 Å². The lowest BCUT2D eigenvalue weighted by molar-refractivity contribution is 0.220. The smallest absolute Gasteiger partial charge is 0.0120 e. The fourth-order valence-electron chi connectivity index (χ4n) is 2.20. The summed E-state index contributed by atoms with van der Waals surface area (Å²) in [5.74, 6) is 7.90. The third-order valence-corrected chi connectivity index (χ3v) is 3.31. The molecule has 0 aromatic rings. The average Bonchev–Trinajstić information content (AvgIpc) is 2.17. The van der Waals surface area contributed by atoms with Crippen molar-refractivity contribution in [3.8, 4) is 11.8 Å². The van der Waals surface area contributed by atoms with Gasteiger partial charge in [0, 0.05) is 12.5 Å². The van der Waals surface area contributed by atoms with E-state index in [4.69, 9.17) is 0 Å². The average molecular weight is 179 g/mol. The van der Waals surface area contributed by atoms with Crippen molar-refractivity contribution in [1.82, 2.24) is 5.32 Å². The first-order chi connectivity index (χ1) is 6.27. The molecule has 0 aromatic carbocycles. The largest absolute Gasteiger partial charge is 0.317 e. The standard InChI is InChI=1S/C12H21N/c1-4-5-6-11-9-12(13-3)8-7-10(11)2/h10-13H,6-9H2,1-3H3. The molecule has 1 saturated carbocycles. The lowest BCUT2D eigenvalue weighted by Gasteiger charge is -2.33. The van der Waals surface area contributed by atoms with Crippen LogP contribution < -0.4 is 5.32 Å². The quantitative estimate of drug-likeness (QED) is 0.642. The molecule has 74 valence electrons. The summed E-state index contributed by atoms with van der Waals surface area (Å²) in [5, 5.41) is 3.38. The Hall–Kier alpha value is -0.480. The zero-order chi connectivity index (χ0) is 9.68. The van der Waals surface area contributed by atoms with E-state index in [0.29, 0.717) is 0 Å². The lowest BCUT2D eigenvalue weighted by atomic mass is 9.76. The molecule has 1 fully saturated rings. The Kier molecular flexibility index (Phi) is 4.32. The van der Waals surface area contributed by atoms with Crippen LogP contribution in [0, 0.1) is 23.7 Å². The molecule has 0 bridgehead atoms. The minimum atomic E-state index is 0.736. The molecule has 1 heteroatoms. The van der Waals surface area contributed by atoms with Gasteiger partial charge in [-0.1, -0.05) is 6.92 Å². The van der Waals surface area contributed by atoms with Gasteiger partial charge < -0.3 is 5.32 Å². The summed E-state index contributed by atoms with van der Waals surface area (Å²) in [5.41, 5.74) is 0. The first-order valence-electron chi connectivity index (χ1n) is 5.34. The molecule has 0 saturated heterocycles. The molecule has 0 spiro atoms. The van der Waals surface area contributed by atoms with Crippen LogP contribution in [0.15, 0.2) is 0 Å². The van der Waals surface area contributed by atoms with Gasteiger partial charge in [0.25, 0.3) is 0 Å². The van der Waals surface area contributed by atoms with Crippen LogP contribution >= 0.6 is 0 Å². The maximum Gasteiger partial charge on any atom is 0.0120 e. The second kappa shape index (κ2) is 5.29. The van der Waals surface area contributed by atoms with Crippen LogP contribution in [0.1, 0.15) is 39.5 Å². The monoisotopic (exact) mass is 179 g/mol. The molecule has 3 atom stereocenters. The van der Waals surface area contributed by atoms with Crippen LogP contribution in [0.4, 0.5) is 0 Å².